The van der Waals surface area contributed by atoms with Crippen LogP contribution < -0.4 is 10.9 Å². The molecule has 148 valence electrons. The number of ketones is 1. The van der Waals surface area contributed by atoms with Crippen LogP contribution in [0.3, 0.4) is 0 Å². The van der Waals surface area contributed by atoms with Gasteiger partial charge in [0.1, 0.15) is 5.56 Å². The van der Waals surface area contributed by atoms with Gasteiger partial charge < -0.3 is 10.1 Å². The van der Waals surface area contributed by atoms with E-state index in [0.717, 1.165) is 11.1 Å². The molecule has 1 heterocycles. The first-order chi connectivity index (χ1) is 13.2. The van der Waals surface area contributed by atoms with Gasteiger partial charge >= 0.3 is 5.97 Å². The second-order valence-electron chi connectivity index (χ2n) is 6.39. The van der Waals surface area contributed by atoms with E-state index >= 15 is 0 Å². The summed E-state index contributed by atoms with van der Waals surface area (Å²) in [5.41, 5.74) is 1.16. The van der Waals surface area contributed by atoms with E-state index in [1.165, 1.54) is 7.05 Å². The first kappa shape index (κ1) is 21.0. The van der Waals surface area contributed by atoms with Crippen molar-refractivity contribution in [1.29, 1.82) is 0 Å². The lowest BCUT2D eigenvalue weighted by atomic mass is 10.1. The molecule has 0 radical (unpaired) electrons. The molecule has 28 heavy (non-hydrogen) atoms. The Morgan fingerprint density at radius 1 is 1.14 bits per heavy atom. The fourth-order valence-electron chi connectivity index (χ4n) is 2.57. The Kier molecular flexibility index (Phi) is 6.81. The third-order valence-corrected chi connectivity index (χ3v) is 4.23. The Labute approximate surface area is 162 Å². The van der Waals surface area contributed by atoms with Crippen molar-refractivity contribution in [2.24, 2.45) is 7.05 Å². The van der Waals surface area contributed by atoms with Crippen LogP contribution in [0, 0.1) is 13.8 Å². The quantitative estimate of drug-likeness (QED) is 0.578. The molecule has 2 rings (SSSR count). The molecular weight excluding hydrogens is 362 g/mol. The summed E-state index contributed by atoms with van der Waals surface area (Å²) in [6.45, 7) is 4.70. The average molecular weight is 385 g/mol. The number of aryl methyl sites for hydroxylation is 2. The smallest absolute Gasteiger partial charge is 0.344 e. The predicted octanol–water partition coefficient (Wildman–Crippen LogP) is 2.18. The van der Waals surface area contributed by atoms with Gasteiger partial charge in [0.2, 0.25) is 5.91 Å². The van der Waals surface area contributed by atoms with E-state index in [2.05, 4.69) is 10.4 Å². The minimum absolute atomic E-state index is 0.0971. The van der Waals surface area contributed by atoms with E-state index in [0.29, 0.717) is 28.9 Å². The molecule has 1 aromatic heterocycles. The number of aromatic nitrogens is 2. The number of hydrogen-bond acceptors (Lipinski definition) is 6. The highest BCUT2D eigenvalue weighted by Crippen LogP contribution is 2.12. The number of amides is 1. The molecule has 0 saturated heterocycles. The van der Waals surface area contributed by atoms with Crippen molar-refractivity contribution in [3.8, 4) is 0 Å². The number of carbonyl (C=O) groups excluding carboxylic acids is 3. The predicted molar refractivity (Wildman–Crippen MR) is 104 cm³/mol. The lowest BCUT2D eigenvalue weighted by molar-refractivity contribution is -0.116. The van der Waals surface area contributed by atoms with Gasteiger partial charge in [0.25, 0.3) is 5.56 Å². The van der Waals surface area contributed by atoms with Crippen molar-refractivity contribution >= 4 is 23.3 Å². The van der Waals surface area contributed by atoms with Gasteiger partial charge in [-0.3, -0.25) is 14.4 Å². The van der Waals surface area contributed by atoms with E-state index in [-0.39, 0.29) is 11.5 Å². The summed E-state index contributed by atoms with van der Waals surface area (Å²) in [5, 5.41) is 6.72. The van der Waals surface area contributed by atoms with Crippen molar-refractivity contribution in [2.75, 3.05) is 11.9 Å². The molecule has 0 atom stereocenters. The second kappa shape index (κ2) is 9.07. The van der Waals surface area contributed by atoms with Crippen LogP contribution in [-0.4, -0.2) is 34.0 Å². The van der Waals surface area contributed by atoms with Crippen LogP contribution in [0.15, 0.2) is 29.1 Å². The molecule has 2 aromatic rings. The van der Waals surface area contributed by atoms with E-state index in [1.54, 1.807) is 38.1 Å². The third kappa shape index (κ3) is 4.91. The number of nitrogens with zero attached hydrogens (tertiary/aromatic N) is 2. The summed E-state index contributed by atoms with van der Waals surface area (Å²) in [4.78, 5) is 48.3. The Balaban J connectivity index is 2.04. The van der Waals surface area contributed by atoms with Crippen LogP contribution in [0.4, 0.5) is 5.69 Å². The van der Waals surface area contributed by atoms with Gasteiger partial charge in [-0.05, 0) is 50.1 Å². The normalized spacial score (nSPS) is 10.4. The number of rotatable bonds is 7. The molecule has 0 aliphatic carbocycles. The Bertz CT molecular complexity index is 961. The minimum atomic E-state index is -0.861. The summed E-state index contributed by atoms with van der Waals surface area (Å²) >= 11 is 0. The van der Waals surface area contributed by atoms with Crippen LogP contribution in [-0.2, 0) is 16.6 Å². The molecule has 8 heteroatoms. The summed E-state index contributed by atoms with van der Waals surface area (Å²) in [6.07, 6.45) is 1.16. The largest absolute Gasteiger partial charge is 0.454 e. The first-order valence-electron chi connectivity index (χ1n) is 8.89. The molecule has 0 unspecified atom stereocenters. The highest BCUT2D eigenvalue weighted by molar-refractivity contribution is 6.00. The Morgan fingerprint density at radius 2 is 1.79 bits per heavy atom. The van der Waals surface area contributed by atoms with Gasteiger partial charge in [-0.25, -0.2) is 9.48 Å². The fourth-order valence-corrected chi connectivity index (χ4v) is 2.57. The number of anilines is 1. The van der Waals surface area contributed by atoms with Crippen molar-refractivity contribution in [1.82, 2.24) is 9.78 Å². The van der Waals surface area contributed by atoms with Crippen LogP contribution in [0.2, 0.25) is 0 Å². The number of esters is 1. The molecule has 1 N–H and O–H groups in total. The molecule has 1 amide bonds. The van der Waals surface area contributed by atoms with Gasteiger partial charge in [0.05, 0.1) is 5.69 Å². The zero-order valence-electron chi connectivity index (χ0n) is 16.4. The Hall–Kier alpha value is -3.29. The lowest BCUT2D eigenvalue weighted by Gasteiger charge is -2.10. The zero-order chi connectivity index (χ0) is 20.8. The summed E-state index contributed by atoms with van der Waals surface area (Å²) < 4.78 is 6.11. The highest BCUT2D eigenvalue weighted by Gasteiger charge is 2.20. The van der Waals surface area contributed by atoms with Gasteiger partial charge in [0.15, 0.2) is 12.4 Å². The number of nitrogens with one attached hydrogen (secondary N) is 1. The number of Topliss-reactive ketones (excluding diaryl/α,β-unsaturated/α-hetero) is 1. The molecule has 0 aliphatic rings. The molecule has 0 spiro atoms. The fraction of sp³-hybridized carbons (Fsp3) is 0.350. The highest BCUT2D eigenvalue weighted by atomic mass is 16.5. The standard InChI is InChI=1S/C20H23N3O5/c1-5-6-17(25)21-15-9-7-14(8-10-15)16(24)11-28-20(27)18-12(2)13(3)22-23(4)19(18)26/h7-10H,5-6,11H2,1-4H3,(H,21,25). The summed E-state index contributed by atoms with van der Waals surface area (Å²) in [7, 11) is 1.44. The molecular formula is C20H23N3O5. The first-order valence-corrected chi connectivity index (χ1v) is 8.89. The SMILES string of the molecule is CCCC(=O)Nc1ccc(C(=O)COC(=O)c2c(C)c(C)nn(C)c2=O)cc1. The maximum atomic E-state index is 12.3. The van der Waals surface area contributed by atoms with Crippen molar-refractivity contribution in [3.63, 3.8) is 0 Å². The molecule has 0 bridgehead atoms. The molecule has 0 saturated carbocycles. The number of carbonyl (C=O) groups is 3. The maximum Gasteiger partial charge on any atom is 0.344 e. The number of benzene rings is 1. The van der Waals surface area contributed by atoms with E-state index in [4.69, 9.17) is 4.74 Å². The zero-order valence-corrected chi connectivity index (χ0v) is 16.4. The van der Waals surface area contributed by atoms with Crippen molar-refractivity contribution < 1.29 is 19.1 Å². The summed E-state index contributed by atoms with van der Waals surface area (Å²) in [5.74, 6) is -1.37. The van der Waals surface area contributed by atoms with Crippen LogP contribution in [0.5, 0.6) is 0 Å². The van der Waals surface area contributed by atoms with Gasteiger partial charge in [-0.15, -0.1) is 0 Å². The van der Waals surface area contributed by atoms with E-state index < -0.39 is 23.9 Å². The van der Waals surface area contributed by atoms with E-state index in [9.17, 15) is 19.2 Å². The topological polar surface area (TPSA) is 107 Å². The molecule has 1 aromatic carbocycles. The van der Waals surface area contributed by atoms with Gasteiger partial charge in [0, 0.05) is 24.7 Å². The van der Waals surface area contributed by atoms with E-state index in [1.807, 2.05) is 6.92 Å². The Morgan fingerprint density at radius 3 is 2.39 bits per heavy atom. The van der Waals surface area contributed by atoms with Crippen LogP contribution in [0.25, 0.3) is 0 Å². The van der Waals surface area contributed by atoms with Crippen molar-refractivity contribution in [2.45, 2.75) is 33.6 Å². The second-order valence-corrected chi connectivity index (χ2v) is 6.39. The van der Waals surface area contributed by atoms with Gasteiger partial charge in [-0.2, -0.15) is 5.10 Å². The minimum Gasteiger partial charge on any atom is -0.454 e. The van der Waals surface area contributed by atoms with Crippen LogP contribution >= 0.6 is 0 Å². The van der Waals surface area contributed by atoms with Crippen LogP contribution in [0.1, 0.15) is 51.7 Å². The monoisotopic (exact) mass is 385 g/mol. The van der Waals surface area contributed by atoms with Gasteiger partial charge in [-0.1, -0.05) is 6.92 Å². The molecule has 8 nitrogen and oxygen atoms in total. The molecule has 0 aliphatic heterocycles. The number of ether oxygens (including phenoxy) is 1. The van der Waals surface area contributed by atoms with Crippen molar-refractivity contribution in [3.05, 3.63) is 57.0 Å². The lowest BCUT2D eigenvalue weighted by Crippen LogP contribution is -2.30. The number of hydrogen-bond donors (Lipinski definition) is 1. The third-order valence-electron chi connectivity index (χ3n) is 4.23. The summed E-state index contributed by atoms with van der Waals surface area (Å²) in [6, 6.07) is 6.29. The molecule has 0 fully saturated rings. The average Bonchev–Trinajstić information content (AvgIpc) is 2.65. The maximum absolute atomic E-state index is 12.3.